The first-order chi connectivity index (χ1) is 14.7. The Morgan fingerprint density at radius 2 is 2.00 bits per heavy atom. The van der Waals surface area contributed by atoms with Crippen molar-refractivity contribution in [3.05, 3.63) is 39.4 Å². The van der Waals surface area contributed by atoms with E-state index in [2.05, 4.69) is 10.2 Å². The topological polar surface area (TPSA) is 99.1 Å². The first kappa shape index (κ1) is 20.5. The van der Waals surface area contributed by atoms with Crippen LogP contribution in [0.2, 0.25) is 5.02 Å². The first-order valence-electron chi connectivity index (χ1n) is 10.8. The second-order valence-electron chi connectivity index (χ2n) is 10.1. The lowest BCUT2D eigenvalue weighted by molar-refractivity contribution is -0.385. The summed E-state index contributed by atoms with van der Waals surface area (Å²) in [5.74, 6) is 1.21. The molecule has 4 fully saturated rings. The van der Waals surface area contributed by atoms with Crippen molar-refractivity contribution in [1.82, 2.24) is 24.5 Å². The highest BCUT2D eigenvalue weighted by Gasteiger charge is 2.59. The molecular weight excluding hydrogens is 420 g/mol. The number of nitro groups is 1. The van der Waals surface area contributed by atoms with Crippen molar-refractivity contribution in [3.8, 4) is 0 Å². The van der Waals surface area contributed by atoms with Gasteiger partial charge in [0.1, 0.15) is 12.4 Å². The van der Waals surface area contributed by atoms with Crippen LogP contribution in [0.4, 0.5) is 5.69 Å². The Morgan fingerprint density at radius 1 is 1.29 bits per heavy atom. The van der Waals surface area contributed by atoms with Crippen molar-refractivity contribution in [2.75, 3.05) is 7.05 Å². The van der Waals surface area contributed by atoms with Crippen LogP contribution in [-0.4, -0.2) is 42.3 Å². The molecule has 2 aromatic heterocycles. The maximum atomic E-state index is 13.3. The molecule has 0 saturated heterocycles. The molecule has 4 bridgehead atoms. The van der Waals surface area contributed by atoms with Gasteiger partial charge in [0.15, 0.2) is 0 Å². The summed E-state index contributed by atoms with van der Waals surface area (Å²) in [7, 11) is 3.64. The molecule has 0 N–H and O–H groups in total. The zero-order chi connectivity index (χ0) is 22.0. The van der Waals surface area contributed by atoms with Gasteiger partial charge in [-0.1, -0.05) is 11.6 Å². The van der Waals surface area contributed by atoms with E-state index in [1.807, 2.05) is 18.8 Å². The molecule has 9 nitrogen and oxygen atoms in total. The van der Waals surface area contributed by atoms with Gasteiger partial charge in [-0.2, -0.15) is 10.2 Å². The predicted molar refractivity (Wildman–Crippen MR) is 113 cm³/mol. The van der Waals surface area contributed by atoms with Crippen LogP contribution < -0.4 is 0 Å². The van der Waals surface area contributed by atoms with Gasteiger partial charge >= 0.3 is 5.69 Å². The summed E-state index contributed by atoms with van der Waals surface area (Å²) >= 11 is 6.22. The minimum Gasteiger partial charge on any atom is -0.340 e. The zero-order valence-electron chi connectivity index (χ0n) is 17.8. The third kappa shape index (κ3) is 3.43. The fraction of sp³-hybridized carbons (Fsp3) is 0.667. The highest BCUT2D eigenvalue weighted by atomic mass is 35.5. The summed E-state index contributed by atoms with van der Waals surface area (Å²) in [4.78, 5) is 25.8. The van der Waals surface area contributed by atoms with E-state index in [1.165, 1.54) is 12.6 Å². The van der Waals surface area contributed by atoms with Gasteiger partial charge in [-0.25, -0.2) is 0 Å². The van der Waals surface area contributed by atoms with Gasteiger partial charge < -0.3 is 4.90 Å². The van der Waals surface area contributed by atoms with Crippen molar-refractivity contribution in [2.45, 2.75) is 57.0 Å². The van der Waals surface area contributed by atoms with Crippen molar-refractivity contribution in [3.63, 3.8) is 0 Å². The van der Waals surface area contributed by atoms with Gasteiger partial charge in [0, 0.05) is 20.5 Å². The Bertz CT molecular complexity index is 1010. The van der Waals surface area contributed by atoms with Crippen LogP contribution >= 0.6 is 11.6 Å². The second kappa shape index (κ2) is 7.05. The van der Waals surface area contributed by atoms with Crippen LogP contribution in [0, 0.1) is 27.4 Å². The van der Waals surface area contributed by atoms with Crippen LogP contribution in [0.15, 0.2) is 18.6 Å². The van der Waals surface area contributed by atoms with Crippen LogP contribution in [0.3, 0.4) is 0 Å². The molecule has 0 aliphatic heterocycles. The summed E-state index contributed by atoms with van der Waals surface area (Å²) in [6.45, 7) is 0.424. The van der Waals surface area contributed by atoms with E-state index in [0.29, 0.717) is 29.8 Å². The van der Waals surface area contributed by atoms with E-state index in [0.717, 1.165) is 37.8 Å². The van der Waals surface area contributed by atoms with E-state index in [9.17, 15) is 14.9 Å². The maximum absolute atomic E-state index is 13.3. The summed E-state index contributed by atoms with van der Waals surface area (Å²) in [5.41, 5.74) is 0.589. The van der Waals surface area contributed by atoms with Gasteiger partial charge in [0.25, 0.3) is 0 Å². The Balaban J connectivity index is 1.36. The summed E-state index contributed by atoms with van der Waals surface area (Å²) in [6.07, 6.45) is 11.2. The molecular formula is C21H27ClN6O3. The maximum Gasteiger partial charge on any atom is 0.307 e. The Morgan fingerprint density at radius 3 is 2.58 bits per heavy atom. The van der Waals surface area contributed by atoms with Crippen LogP contribution in [0.1, 0.15) is 50.6 Å². The Kier molecular flexibility index (Phi) is 4.66. The minimum atomic E-state index is -0.387. The van der Waals surface area contributed by atoms with Crippen LogP contribution in [-0.2, 0) is 23.9 Å². The number of aryl methyl sites for hydroxylation is 1. The number of hydrogen-bond donors (Lipinski definition) is 0. The Labute approximate surface area is 185 Å². The average Bonchev–Trinajstić information content (AvgIpc) is 3.30. The molecule has 0 aromatic carbocycles. The van der Waals surface area contributed by atoms with Gasteiger partial charge in [-0.05, 0) is 55.8 Å². The number of rotatable bonds is 6. The number of carbonyl (C=O) groups is 1. The number of carbonyl (C=O) groups excluding carboxylic acids is 1. The van der Waals surface area contributed by atoms with Crippen LogP contribution in [0.5, 0.6) is 0 Å². The van der Waals surface area contributed by atoms with Gasteiger partial charge in [-0.15, -0.1) is 0 Å². The molecule has 4 saturated carbocycles. The number of halogens is 1. The molecule has 2 unspecified atom stereocenters. The lowest BCUT2D eigenvalue weighted by Crippen LogP contribution is -2.57. The van der Waals surface area contributed by atoms with Crippen molar-refractivity contribution in [1.29, 1.82) is 0 Å². The third-order valence-electron chi connectivity index (χ3n) is 7.77. The quantitative estimate of drug-likeness (QED) is 0.499. The molecule has 1 amide bonds. The molecule has 10 heteroatoms. The molecule has 0 spiro atoms. The SMILES string of the molecule is CN(Cc1c(Cl)cnn1C)C(=O)CC12CC3CC(C1)CC(n1cc([N+](=O)[O-])cn1)(C3)C2. The smallest absolute Gasteiger partial charge is 0.307 e. The van der Waals surface area contributed by atoms with Crippen molar-refractivity contribution < 1.29 is 9.72 Å². The first-order valence-corrected chi connectivity index (χ1v) is 11.2. The van der Waals surface area contributed by atoms with Gasteiger partial charge in [0.05, 0.1) is 33.9 Å². The fourth-order valence-electron chi connectivity index (χ4n) is 6.93. The highest BCUT2D eigenvalue weighted by molar-refractivity contribution is 6.31. The highest BCUT2D eigenvalue weighted by Crippen LogP contribution is 2.65. The molecule has 2 aromatic rings. The molecule has 166 valence electrons. The number of amides is 1. The minimum absolute atomic E-state index is 0.0358. The normalized spacial score (nSPS) is 31.2. The van der Waals surface area contributed by atoms with Crippen LogP contribution in [0.25, 0.3) is 0 Å². The second-order valence-corrected chi connectivity index (χ2v) is 10.5. The van der Waals surface area contributed by atoms with E-state index < -0.39 is 0 Å². The lowest BCUT2D eigenvalue weighted by atomic mass is 9.46. The molecule has 31 heavy (non-hydrogen) atoms. The molecule has 2 atom stereocenters. The van der Waals surface area contributed by atoms with Gasteiger partial charge in [-0.3, -0.25) is 24.3 Å². The predicted octanol–water partition coefficient (Wildman–Crippen LogP) is 3.52. The average molecular weight is 447 g/mol. The number of aromatic nitrogens is 4. The lowest BCUT2D eigenvalue weighted by Gasteiger charge is -2.62. The largest absolute Gasteiger partial charge is 0.340 e. The number of nitrogens with zero attached hydrogens (tertiary/aromatic N) is 6. The van der Waals surface area contributed by atoms with E-state index in [1.54, 1.807) is 22.0 Å². The van der Waals surface area contributed by atoms with Crippen molar-refractivity contribution in [2.24, 2.45) is 24.3 Å². The zero-order valence-corrected chi connectivity index (χ0v) is 18.6. The Hall–Kier alpha value is -2.42. The standard InChI is InChI=1S/C21H27ClN6O3/c1-25(12-18-17(22)10-23-26(18)2)19(29)8-20-4-14-3-15(5-20)7-21(6-14,13-20)27-11-16(9-24-27)28(30)31/h9-11,14-15H,3-8,12-13H2,1-2H3. The van der Waals surface area contributed by atoms with Crippen molar-refractivity contribution >= 4 is 23.2 Å². The van der Waals surface area contributed by atoms with E-state index >= 15 is 0 Å². The van der Waals surface area contributed by atoms with E-state index in [-0.39, 0.29) is 27.5 Å². The third-order valence-corrected chi connectivity index (χ3v) is 8.08. The molecule has 2 heterocycles. The molecule has 6 rings (SSSR count). The summed E-state index contributed by atoms with van der Waals surface area (Å²) in [5, 5.41) is 20.3. The van der Waals surface area contributed by atoms with Gasteiger partial charge in [0.2, 0.25) is 5.91 Å². The fourth-order valence-corrected chi connectivity index (χ4v) is 7.15. The molecule has 4 aliphatic carbocycles. The monoisotopic (exact) mass is 446 g/mol. The van der Waals surface area contributed by atoms with E-state index in [4.69, 9.17) is 11.6 Å². The molecule has 4 aliphatic rings. The summed E-state index contributed by atoms with van der Waals surface area (Å²) in [6, 6.07) is 0. The molecule has 0 radical (unpaired) electrons. The number of hydrogen-bond acceptors (Lipinski definition) is 5. The summed E-state index contributed by atoms with van der Waals surface area (Å²) < 4.78 is 3.55.